The summed E-state index contributed by atoms with van der Waals surface area (Å²) in [4.78, 5) is 16.9. The number of rotatable bonds is 7. The number of nitrogens with one attached hydrogen (secondary N) is 1. The highest BCUT2D eigenvalue weighted by atomic mass is 32.2. The van der Waals surface area contributed by atoms with Crippen molar-refractivity contribution in [2.45, 2.75) is 18.4 Å². The van der Waals surface area contributed by atoms with Crippen molar-refractivity contribution < 1.29 is 13.4 Å². The van der Waals surface area contributed by atoms with E-state index in [1.165, 1.54) is 12.1 Å². The number of halogens is 1. The molecule has 0 fully saturated rings. The molecule has 0 aliphatic rings. The van der Waals surface area contributed by atoms with Crippen molar-refractivity contribution in [1.29, 1.82) is 0 Å². The van der Waals surface area contributed by atoms with Crippen LogP contribution < -0.4 is 5.32 Å². The van der Waals surface area contributed by atoms with Gasteiger partial charge in [0.15, 0.2) is 11.0 Å². The second-order valence-corrected chi connectivity index (χ2v) is 8.74. The van der Waals surface area contributed by atoms with Gasteiger partial charge < -0.3 is 5.32 Å². The molecule has 0 aliphatic heterocycles. The van der Waals surface area contributed by atoms with E-state index in [0.29, 0.717) is 16.2 Å². The van der Waals surface area contributed by atoms with Gasteiger partial charge in [0.25, 0.3) is 5.91 Å². The van der Waals surface area contributed by atoms with Crippen molar-refractivity contribution >= 4 is 23.0 Å². The van der Waals surface area contributed by atoms with Gasteiger partial charge in [-0.05, 0) is 60.5 Å². The van der Waals surface area contributed by atoms with Gasteiger partial charge in [-0.3, -0.25) is 13.8 Å². The molecule has 2 heterocycles. The summed E-state index contributed by atoms with van der Waals surface area (Å²) in [5.41, 5.74) is 4.78. The molecule has 0 aliphatic carbocycles. The lowest BCUT2D eigenvalue weighted by atomic mass is 10.0. The molecule has 1 atom stereocenters. The van der Waals surface area contributed by atoms with Crippen molar-refractivity contribution in [3.63, 3.8) is 0 Å². The van der Waals surface area contributed by atoms with Crippen LogP contribution in [0.15, 0.2) is 90.6 Å². The van der Waals surface area contributed by atoms with Crippen LogP contribution in [-0.4, -0.2) is 19.1 Å². The van der Waals surface area contributed by atoms with E-state index in [9.17, 15) is 13.4 Å². The molecule has 1 amide bonds. The van der Waals surface area contributed by atoms with Crippen molar-refractivity contribution in [2.75, 3.05) is 0 Å². The Labute approximate surface area is 194 Å². The minimum absolute atomic E-state index is 0.181. The standard InChI is InChI=1S/C26H22FN3O2S/c1-3-25-18(2)24(19-7-5-4-6-8-19)17-30(25)33(32)23-13-9-20(10-14-23)26(31)29-16-22-12-11-21(27)15-28-22/h3-15,17H,1,16H2,2H3,(H,29,31). The molecular weight excluding hydrogens is 437 g/mol. The largest absolute Gasteiger partial charge is 0.346 e. The average Bonchev–Trinajstić information content (AvgIpc) is 3.19. The van der Waals surface area contributed by atoms with Crippen molar-refractivity contribution in [3.05, 3.63) is 114 Å². The van der Waals surface area contributed by atoms with Gasteiger partial charge in [-0.15, -0.1) is 0 Å². The van der Waals surface area contributed by atoms with Crippen LogP contribution in [-0.2, 0) is 17.5 Å². The highest BCUT2D eigenvalue weighted by Crippen LogP contribution is 2.30. The first-order valence-corrected chi connectivity index (χ1v) is 11.4. The van der Waals surface area contributed by atoms with E-state index in [4.69, 9.17) is 0 Å². The van der Waals surface area contributed by atoms with Crippen LogP contribution in [0, 0.1) is 12.7 Å². The van der Waals surface area contributed by atoms with Crippen LogP contribution in [0.1, 0.15) is 27.3 Å². The average molecular weight is 460 g/mol. The fourth-order valence-corrected chi connectivity index (χ4v) is 4.68. The van der Waals surface area contributed by atoms with E-state index < -0.39 is 16.8 Å². The number of aromatic nitrogens is 2. The zero-order valence-electron chi connectivity index (χ0n) is 18.0. The first kappa shape index (κ1) is 22.4. The molecule has 0 spiro atoms. The molecule has 5 nitrogen and oxygen atoms in total. The van der Waals surface area contributed by atoms with Gasteiger partial charge in [0.05, 0.1) is 29.0 Å². The lowest BCUT2D eigenvalue weighted by Gasteiger charge is -2.08. The van der Waals surface area contributed by atoms with Crippen LogP contribution in [0.5, 0.6) is 0 Å². The topological polar surface area (TPSA) is 64.0 Å². The van der Waals surface area contributed by atoms with Gasteiger partial charge in [0.2, 0.25) is 0 Å². The Morgan fingerprint density at radius 2 is 1.85 bits per heavy atom. The molecule has 4 rings (SSSR count). The molecule has 2 aromatic heterocycles. The second-order valence-electron chi connectivity index (χ2n) is 7.37. The first-order chi connectivity index (χ1) is 16.0. The van der Waals surface area contributed by atoms with Gasteiger partial charge in [-0.2, -0.15) is 0 Å². The SMILES string of the molecule is C=Cc1c(C)c(-c2ccccc2)cn1S(=O)c1ccc(C(=O)NCc2ccc(F)cn2)cc1. The number of hydrogen-bond acceptors (Lipinski definition) is 3. The monoisotopic (exact) mass is 459 g/mol. The third-order valence-corrected chi connectivity index (χ3v) is 6.60. The lowest BCUT2D eigenvalue weighted by molar-refractivity contribution is 0.0950. The molecule has 33 heavy (non-hydrogen) atoms. The predicted octanol–water partition coefficient (Wildman–Crippen LogP) is 5.14. The molecule has 0 saturated heterocycles. The van der Waals surface area contributed by atoms with Crippen molar-refractivity contribution in [2.24, 2.45) is 0 Å². The second kappa shape index (κ2) is 9.75. The maximum atomic E-state index is 13.3. The summed E-state index contributed by atoms with van der Waals surface area (Å²) in [5, 5.41) is 2.74. The summed E-state index contributed by atoms with van der Waals surface area (Å²) in [6.07, 6.45) is 4.67. The number of benzene rings is 2. The normalized spacial score (nSPS) is 11.7. The van der Waals surface area contributed by atoms with Gasteiger partial charge >= 0.3 is 0 Å². The highest BCUT2D eigenvalue weighted by molar-refractivity contribution is 7.83. The predicted molar refractivity (Wildman–Crippen MR) is 128 cm³/mol. The number of nitrogens with zero attached hydrogens (tertiary/aromatic N) is 2. The third-order valence-electron chi connectivity index (χ3n) is 5.27. The summed E-state index contributed by atoms with van der Waals surface area (Å²) in [5.74, 6) is -0.726. The Bertz CT molecular complexity index is 1310. The molecule has 166 valence electrons. The Morgan fingerprint density at radius 3 is 2.48 bits per heavy atom. The van der Waals surface area contributed by atoms with E-state index >= 15 is 0 Å². The highest BCUT2D eigenvalue weighted by Gasteiger charge is 2.17. The molecule has 1 N–H and O–H groups in total. The maximum Gasteiger partial charge on any atom is 0.251 e. The lowest BCUT2D eigenvalue weighted by Crippen LogP contribution is -2.23. The molecule has 2 aromatic carbocycles. The van der Waals surface area contributed by atoms with E-state index in [0.717, 1.165) is 28.6 Å². The van der Waals surface area contributed by atoms with Crippen molar-refractivity contribution in [1.82, 2.24) is 14.3 Å². The summed E-state index contributed by atoms with van der Waals surface area (Å²) in [6.45, 7) is 6.05. The Balaban J connectivity index is 1.52. The van der Waals surface area contributed by atoms with E-state index in [1.807, 2.05) is 43.5 Å². The molecule has 4 aromatic rings. The van der Waals surface area contributed by atoms with Gasteiger partial charge in [-0.1, -0.05) is 36.9 Å². The maximum absolute atomic E-state index is 13.3. The first-order valence-electron chi connectivity index (χ1n) is 10.3. The number of amides is 1. The number of pyridine rings is 1. The summed E-state index contributed by atoms with van der Waals surface area (Å²) >= 11 is 0. The summed E-state index contributed by atoms with van der Waals surface area (Å²) in [6, 6.07) is 19.3. The summed E-state index contributed by atoms with van der Waals surface area (Å²) < 4.78 is 28.0. The summed E-state index contributed by atoms with van der Waals surface area (Å²) in [7, 11) is -1.51. The molecule has 1 unspecified atom stereocenters. The Morgan fingerprint density at radius 1 is 1.12 bits per heavy atom. The van der Waals surface area contributed by atoms with Gasteiger partial charge in [0, 0.05) is 17.3 Å². The van der Waals surface area contributed by atoms with Crippen LogP contribution in [0.3, 0.4) is 0 Å². The number of carbonyl (C=O) groups excluding carboxylic acids is 1. The zero-order chi connectivity index (χ0) is 23.4. The molecule has 0 saturated carbocycles. The van der Waals surface area contributed by atoms with Gasteiger partial charge in [-0.25, -0.2) is 8.60 Å². The molecular formula is C26H22FN3O2S. The number of carbonyl (C=O) groups is 1. The van der Waals surface area contributed by atoms with Crippen molar-refractivity contribution in [3.8, 4) is 11.1 Å². The van der Waals surface area contributed by atoms with Crippen LogP contribution in [0.2, 0.25) is 0 Å². The third kappa shape index (κ3) is 4.83. The fraction of sp³-hybridized carbons (Fsp3) is 0.0769. The van der Waals surface area contributed by atoms with Crippen LogP contribution in [0.4, 0.5) is 4.39 Å². The molecule has 7 heteroatoms. The van der Waals surface area contributed by atoms with E-state index in [-0.39, 0.29) is 12.5 Å². The molecule has 0 bridgehead atoms. The van der Waals surface area contributed by atoms with E-state index in [2.05, 4.69) is 16.9 Å². The minimum Gasteiger partial charge on any atom is -0.346 e. The van der Waals surface area contributed by atoms with Gasteiger partial charge in [0.1, 0.15) is 5.82 Å². The minimum atomic E-state index is -1.51. The molecule has 0 radical (unpaired) electrons. The van der Waals surface area contributed by atoms with Crippen LogP contribution >= 0.6 is 0 Å². The smallest absolute Gasteiger partial charge is 0.251 e. The van der Waals surface area contributed by atoms with E-state index in [1.54, 1.807) is 34.3 Å². The Kier molecular flexibility index (Phi) is 6.60. The Hall–Kier alpha value is -3.84. The quantitative estimate of drug-likeness (QED) is 0.416. The fourth-order valence-electron chi connectivity index (χ4n) is 3.50. The zero-order valence-corrected chi connectivity index (χ0v) is 18.8. The van der Waals surface area contributed by atoms with Crippen LogP contribution in [0.25, 0.3) is 17.2 Å². The number of hydrogen-bond donors (Lipinski definition) is 1.